The van der Waals surface area contributed by atoms with Crippen molar-refractivity contribution in [3.05, 3.63) is 69.6 Å². The molecule has 1 saturated heterocycles. The third-order valence-corrected chi connectivity index (χ3v) is 6.82. The molecule has 0 unspecified atom stereocenters. The van der Waals surface area contributed by atoms with E-state index in [9.17, 15) is 14.4 Å². The number of thiocarbonyl (C=S) groups is 1. The number of amides is 2. The lowest BCUT2D eigenvalue weighted by molar-refractivity contribution is -0.122. The minimum atomic E-state index is -0.402. The Kier molecular flexibility index (Phi) is 9.01. The molecule has 1 N–H and O–H groups in total. The lowest BCUT2D eigenvalue weighted by Gasteiger charge is -2.14. The SMILES string of the molecule is COC(=O)c1ccc(/C=C2\SC(=S)N(CCCCCC(=O)Nc3ccc(C)cc3C)C2=O)cc1. The Balaban J connectivity index is 1.44. The molecule has 0 radical (unpaired) electrons. The molecule has 1 heterocycles. The van der Waals surface area contributed by atoms with Crippen LogP contribution in [0.4, 0.5) is 5.69 Å². The van der Waals surface area contributed by atoms with E-state index in [0.717, 1.165) is 41.6 Å². The van der Waals surface area contributed by atoms with E-state index in [1.54, 1.807) is 35.2 Å². The second-order valence-electron chi connectivity index (χ2n) is 8.12. The van der Waals surface area contributed by atoms with Crippen LogP contribution in [0.15, 0.2) is 47.4 Å². The van der Waals surface area contributed by atoms with Crippen molar-refractivity contribution in [2.24, 2.45) is 0 Å². The summed E-state index contributed by atoms with van der Waals surface area (Å²) in [5.41, 5.74) is 4.32. The molecule has 0 saturated carbocycles. The number of carbonyl (C=O) groups is 3. The van der Waals surface area contributed by atoms with Crippen LogP contribution >= 0.6 is 24.0 Å². The fraction of sp³-hybridized carbons (Fsp3) is 0.308. The van der Waals surface area contributed by atoms with Gasteiger partial charge in [-0.2, -0.15) is 0 Å². The van der Waals surface area contributed by atoms with Crippen LogP contribution in [0.3, 0.4) is 0 Å². The Morgan fingerprint density at radius 2 is 1.82 bits per heavy atom. The van der Waals surface area contributed by atoms with Crippen molar-refractivity contribution >= 4 is 57.8 Å². The van der Waals surface area contributed by atoms with Gasteiger partial charge in [0.1, 0.15) is 4.32 Å². The number of unbranched alkanes of at least 4 members (excludes halogenated alkanes) is 2. The van der Waals surface area contributed by atoms with Gasteiger partial charge in [-0.25, -0.2) is 4.79 Å². The molecule has 0 bridgehead atoms. The number of nitrogens with one attached hydrogen (secondary N) is 1. The van der Waals surface area contributed by atoms with E-state index in [2.05, 4.69) is 5.32 Å². The second kappa shape index (κ2) is 11.9. The fourth-order valence-corrected chi connectivity index (χ4v) is 4.88. The minimum absolute atomic E-state index is 0.00119. The van der Waals surface area contributed by atoms with Gasteiger partial charge < -0.3 is 10.1 Å². The molecule has 0 spiro atoms. The van der Waals surface area contributed by atoms with Crippen LogP contribution < -0.4 is 5.32 Å². The lowest BCUT2D eigenvalue weighted by Crippen LogP contribution is -2.29. The summed E-state index contributed by atoms with van der Waals surface area (Å²) in [5, 5.41) is 2.96. The smallest absolute Gasteiger partial charge is 0.337 e. The highest BCUT2D eigenvalue weighted by molar-refractivity contribution is 8.26. The summed E-state index contributed by atoms with van der Waals surface area (Å²) in [6.07, 6.45) is 4.55. The molecule has 8 heteroatoms. The minimum Gasteiger partial charge on any atom is -0.465 e. The Hall–Kier alpha value is -2.97. The van der Waals surface area contributed by atoms with E-state index in [-0.39, 0.29) is 11.8 Å². The van der Waals surface area contributed by atoms with Crippen molar-refractivity contribution in [1.29, 1.82) is 0 Å². The fourth-order valence-electron chi connectivity index (χ4n) is 3.58. The summed E-state index contributed by atoms with van der Waals surface area (Å²) in [7, 11) is 1.34. The number of esters is 1. The van der Waals surface area contributed by atoms with Gasteiger partial charge in [-0.1, -0.05) is 60.2 Å². The maximum Gasteiger partial charge on any atom is 0.337 e. The summed E-state index contributed by atoms with van der Waals surface area (Å²) in [6.45, 7) is 4.54. The highest BCUT2D eigenvalue weighted by atomic mass is 32.2. The molecule has 0 aromatic heterocycles. The Morgan fingerprint density at radius 3 is 2.50 bits per heavy atom. The Morgan fingerprint density at radius 1 is 1.09 bits per heavy atom. The second-order valence-corrected chi connectivity index (χ2v) is 9.80. The van der Waals surface area contributed by atoms with Crippen LogP contribution in [0, 0.1) is 13.8 Å². The number of carbonyl (C=O) groups excluding carboxylic acids is 3. The van der Waals surface area contributed by atoms with E-state index in [1.807, 2.05) is 32.0 Å². The molecule has 2 aromatic carbocycles. The highest BCUT2D eigenvalue weighted by Crippen LogP contribution is 2.32. The molecular weight excluding hydrogens is 468 g/mol. The van der Waals surface area contributed by atoms with Crippen LogP contribution in [0.5, 0.6) is 0 Å². The van der Waals surface area contributed by atoms with Crippen LogP contribution in [-0.2, 0) is 14.3 Å². The third kappa shape index (κ3) is 6.77. The summed E-state index contributed by atoms with van der Waals surface area (Å²) in [6, 6.07) is 12.8. The molecule has 1 fully saturated rings. The molecule has 2 aromatic rings. The third-order valence-electron chi connectivity index (χ3n) is 5.44. The zero-order valence-corrected chi connectivity index (χ0v) is 21.2. The van der Waals surface area contributed by atoms with Crippen LogP contribution in [0.1, 0.15) is 52.7 Å². The molecule has 34 heavy (non-hydrogen) atoms. The monoisotopic (exact) mass is 496 g/mol. The van der Waals surface area contributed by atoms with Crippen molar-refractivity contribution in [2.75, 3.05) is 19.0 Å². The zero-order valence-electron chi connectivity index (χ0n) is 19.6. The van der Waals surface area contributed by atoms with Gasteiger partial charge in [-0.15, -0.1) is 0 Å². The largest absolute Gasteiger partial charge is 0.465 e. The number of thioether (sulfide) groups is 1. The maximum atomic E-state index is 12.8. The van der Waals surface area contributed by atoms with Gasteiger partial charge in [0.15, 0.2) is 0 Å². The first-order chi connectivity index (χ1) is 16.3. The average molecular weight is 497 g/mol. The molecule has 0 atom stereocenters. The maximum absolute atomic E-state index is 12.8. The molecule has 1 aliphatic rings. The van der Waals surface area contributed by atoms with E-state index in [4.69, 9.17) is 17.0 Å². The molecule has 3 rings (SSSR count). The molecule has 178 valence electrons. The molecule has 1 aliphatic heterocycles. The highest BCUT2D eigenvalue weighted by Gasteiger charge is 2.31. The van der Waals surface area contributed by atoms with Gasteiger partial charge in [-0.05, 0) is 62.1 Å². The predicted octanol–water partition coefficient (Wildman–Crippen LogP) is 5.49. The summed E-state index contributed by atoms with van der Waals surface area (Å²) >= 11 is 6.67. The number of anilines is 1. The van der Waals surface area contributed by atoms with E-state index in [1.165, 1.54) is 18.9 Å². The molecule has 0 aliphatic carbocycles. The van der Waals surface area contributed by atoms with Gasteiger partial charge in [0, 0.05) is 18.7 Å². The number of methoxy groups -OCH3 is 1. The molecular formula is C26H28N2O4S2. The average Bonchev–Trinajstić information content (AvgIpc) is 3.07. The Bertz CT molecular complexity index is 1130. The number of hydrogen-bond donors (Lipinski definition) is 1. The standard InChI is InChI=1S/C26H28N2O4S2/c1-17-8-13-21(18(2)15-17)27-23(29)7-5-4-6-14-28-24(30)22(34-26(28)33)16-19-9-11-20(12-10-19)25(31)32-3/h8-13,15-16H,4-7,14H2,1-3H3,(H,27,29)/b22-16-. The summed E-state index contributed by atoms with van der Waals surface area (Å²) in [5.74, 6) is -0.515. The van der Waals surface area contributed by atoms with Crippen LogP contribution in [0.2, 0.25) is 0 Å². The van der Waals surface area contributed by atoms with Crippen molar-refractivity contribution in [1.82, 2.24) is 4.90 Å². The predicted molar refractivity (Wildman–Crippen MR) is 141 cm³/mol. The van der Waals surface area contributed by atoms with E-state index in [0.29, 0.717) is 27.8 Å². The number of aryl methyl sites for hydroxylation is 2. The summed E-state index contributed by atoms with van der Waals surface area (Å²) in [4.78, 5) is 38.7. The number of rotatable bonds is 9. The number of ether oxygens (including phenoxy) is 1. The van der Waals surface area contributed by atoms with Gasteiger partial charge in [-0.3, -0.25) is 14.5 Å². The van der Waals surface area contributed by atoms with E-state index >= 15 is 0 Å². The van der Waals surface area contributed by atoms with Crippen molar-refractivity contribution < 1.29 is 19.1 Å². The van der Waals surface area contributed by atoms with Gasteiger partial charge in [0.25, 0.3) is 5.91 Å². The van der Waals surface area contributed by atoms with Crippen molar-refractivity contribution in [3.8, 4) is 0 Å². The van der Waals surface area contributed by atoms with Gasteiger partial charge >= 0.3 is 5.97 Å². The zero-order chi connectivity index (χ0) is 24.7. The van der Waals surface area contributed by atoms with Crippen molar-refractivity contribution in [2.45, 2.75) is 39.5 Å². The normalized spacial score (nSPS) is 14.6. The van der Waals surface area contributed by atoms with Crippen molar-refractivity contribution in [3.63, 3.8) is 0 Å². The van der Waals surface area contributed by atoms with Gasteiger partial charge in [0.05, 0.1) is 17.6 Å². The van der Waals surface area contributed by atoms with Gasteiger partial charge in [0.2, 0.25) is 5.91 Å². The first kappa shape index (κ1) is 25.6. The lowest BCUT2D eigenvalue weighted by atomic mass is 10.1. The number of hydrogen-bond acceptors (Lipinski definition) is 6. The Labute approximate surface area is 209 Å². The molecule has 2 amide bonds. The first-order valence-electron chi connectivity index (χ1n) is 11.1. The summed E-state index contributed by atoms with van der Waals surface area (Å²) < 4.78 is 5.24. The number of nitrogens with zero attached hydrogens (tertiary/aromatic N) is 1. The molecule has 6 nitrogen and oxygen atoms in total. The van der Waals surface area contributed by atoms with E-state index < -0.39 is 5.97 Å². The first-order valence-corrected chi connectivity index (χ1v) is 12.3. The topological polar surface area (TPSA) is 75.7 Å². The van der Waals surface area contributed by atoms with Crippen LogP contribution in [-0.4, -0.2) is 40.7 Å². The number of benzene rings is 2. The quantitative estimate of drug-likeness (QED) is 0.214. The van der Waals surface area contributed by atoms with Crippen LogP contribution in [0.25, 0.3) is 6.08 Å².